The summed E-state index contributed by atoms with van der Waals surface area (Å²) in [5, 5.41) is 21.6. The molecule has 5 nitrogen and oxygen atoms in total. The molecule has 0 aliphatic heterocycles. The Morgan fingerprint density at radius 1 is 1.04 bits per heavy atom. The zero-order valence-corrected chi connectivity index (χ0v) is 15.8. The summed E-state index contributed by atoms with van der Waals surface area (Å²) in [4.78, 5) is 24.8. The average Bonchev–Trinajstić information content (AvgIpc) is 3.39. The first-order valence-corrected chi connectivity index (χ1v) is 9.91. The number of nitrogens with one attached hydrogen (secondary N) is 2. The molecule has 0 radical (unpaired) electrons. The van der Waals surface area contributed by atoms with Gasteiger partial charge in [-0.15, -0.1) is 11.3 Å². The van der Waals surface area contributed by atoms with Crippen molar-refractivity contribution in [3.05, 3.63) is 80.4 Å². The minimum atomic E-state index is -1.40. The molecule has 3 rings (SSSR count). The van der Waals surface area contributed by atoms with Crippen molar-refractivity contribution in [3.63, 3.8) is 0 Å². The number of hydrogen-bond donors (Lipinski definition) is 3. The zero-order chi connectivity index (χ0) is 19.3. The molecule has 1 aromatic carbocycles. The van der Waals surface area contributed by atoms with Gasteiger partial charge in [0.1, 0.15) is 11.4 Å². The van der Waals surface area contributed by atoms with E-state index in [1.807, 2.05) is 16.8 Å². The van der Waals surface area contributed by atoms with Crippen LogP contribution in [0.15, 0.2) is 58.6 Å². The quantitative estimate of drug-likeness (QED) is 0.553. The smallest absolute Gasteiger partial charge is 0.309 e. The van der Waals surface area contributed by atoms with Crippen LogP contribution in [0.1, 0.15) is 16.0 Å². The summed E-state index contributed by atoms with van der Waals surface area (Å²) in [6.07, 6.45) is 0. The Morgan fingerprint density at radius 2 is 1.78 bits per heavy atom. The van der Waals surface area contributed by atoms with E-state index in [0.717, 1.165) is 0 Å². The van der Waals surface area contributed by atoms with Crippen molar-refractivity contribution in [2.75, 3.05) is 6.54 Å². The molecule has 140 valence electrons. The van der Waals surface area contributed by atoms with Gasteiger partial charge in [0.2, 0.25) is 0 Å². The highest BCUT2D eigenvalue weighted by Gasteiger charge is 2.34. The van der Waals surface area contributed by atoms with Crippen LogP contribution in [0.5, 0.6) is 0 Å². The summed E-state index contributed by atoms with van der Waals surface area (Å²) >= 11 is 2.81. The van der Waals surface area contributed by atoms with Crippen LogP contribution in [0.3, 0.4) is 0 Å². The highest BCUT2D eigenvalue weighted by Crippen LogP contribution is 2.33. The number of carbonyl (C=O) groups excluding carboxylic acids is 2. The standard InChI is InChI=1S/C19H17FN2O3S2/c20-15-5-3-13(4-6-15)10-21-17(23)18(24)22-12-19(25,14-7-9-26-11-14)16-2-1-8-27-16/h1-9,11,25H,10,12H2,(H,21,23)(H,22,24)/t19-/m0/s1. The van der Waals surface area contributed by atoms with Gasteiger partial charge in [-0.2, -0.15) is 11.3 Å². The molecule has 3 N–H and O–H groups in total. The first-order valence-electron chi connectivity index (χ1n) is 8.08. The molecule has 0 fully saturated rings. The van der Waals surface area contributed by atoms with Gasteiger partial charge in [-0.05, 0) is 46.0 Å². The van der Waals surface area contributed by atoms with Crippen LogP contribution in [0, 0.1) is 5.82 Å². The van der Waals surface area contributed by atoms with Crippen molar-refractivity contribution >= 4 is 34.5 Å². The molecule has 0 aliphatic rings. The predicted molar refractivity (Wildman–Crippen MR) is 103 cm³/mol. The highest BCUT2D eigenvalue weighted by molar-refractivity contribution is 7.10. The third-order valence-electron chi connectivity index (χ3n) is 4.00. The van der Waals surface area contributed by atoms with Crippen LogP contribution in [0.2, 0.25) is 0 Å². The topological polar surface area (TPSA) is 78.4 Å². The molecule has 2 aromatic heterocycles. The monoisotopic (exact) mass is 404 g/mol. The molecular formula is C19H17FN2O3S2. The largest absolute Gasteiger partial charge is 0.378 e. The fraction of sp³-hybridized carbons (Fsp3) is 0.158. The van der Waals surface area contributed by atoms with E-state index in [0.29, 0.717) is 16.0 Å². The lowest BCUT2D eigenvalue weighted by molar-refractivity contribution is -0.139. The molecule has 0 saturated carbocycles. The predicted octanol–water partition coefficient (Wildman–Crippen LogP) is 2.62. The average molecular weight is 404 g/mol. The number of thiophene rings is 2. The second-order valence-corrected chi connectivity index (χ2v) is 7.57. The van der Waals surface area contributed by atoms with E-state index in [1.54, 1.807) is 17.5 Å². The maximum atomic E-state index is 12.9. The van der Waals surface area contributed by atoms with Crippen molar-refractivity contribution in [1.29, 1.82) is 0 Å². The molecule has 0 bridgehead atoms. The minimum Gasteiger partial charge on any atom is -0.378 e. The fourth-order valence-electron chi connectivity index (χ4n) is 2.50. The number of halogens is 1. The molecule has 27 heavy (non-hydrogen) atoms. The van der Waals surface area contributed by atoms with E-state index >= 15 is 0 Å². The molecule has 0 saturated heterocycles. The molecular weight excluding hydrogens is 387 g/mol. The summed E-state index contributed by atoms with van der Waals surface area (Å²) in [5.74, 6) is -2.04. The van der Waals surface area contributed by atoms with E-state index in [9.17, 15) is 19.1 Å². The van der Waals surface area contributed by atoms with Crippen molar-refractivity contribution < 1.29 is 19.1 Å². The maximum Gasteiger partial charge on any atom is 0.309 e. The number of rotatable bonds is 6. The second-order valence-electron chi connectivity index (χ2n) is 5.84. The first-order chi connectivity index (χ1) is 13.0. The third kappa shape index (κ3) is 4.60. The van der Waals surface area contributed by atoms with Gasteiger partial charge in [-0.3, -0.25) is 9.59 Å². The fourth-order valence-corrected chi connectivity index (χ4v) is 4.07. The first kappa shape index (κ1) is 19.2. The molecule has 1 atom stereocenters. The summed E-state index contributed by atoms with van der Waals surface area (Å²) in [6.45, 7) is -0.0285. The Labute approximate surface area is 163 Å². The Bertz CT molecular complexity index is 859. The van der Waals surface area contributed by atoms with Gasteiger partial charge in [-0.1, -0.05) is 18.2 Å². The summed E-state index contributed by atoms with van der Waals surface area (Å²) in [7, 11) is 0. The lowest BCUT2D eigenvalue weighted by atomic mass is 9.94. The van der Waals surface area contributed by atoms with Crippen LogP contribution < -0.4 is 10.6 Å². The SMILES string of the molecule is O=C(NCc1ccc(F)cc1)C(=O)NC[C@](O)(c1ccsc1)c1cccs1. The van der Waals surface area contributed by atoms with Crippen molar-refractivity contribution in [2.24, 2.45) is 0 Å². The normalized spacial score (nSPS) is 13.0. The molecule has 2 heterocycles. The lowest BCUT2D eigenvalue weighted by Gasteiger charge is -2.26. The van der Waals surface area contributed by atoms with Crippen molar-refractivity contribution in [3.8, 4) is 0 Å². The van der Waals surface area contributed by atoms with Gasteiger partial charge in [-0.25, -0.2) is 4.39 Å². The number of amides is 2. The second kappa shape index (κ2) is 8.43. The number of carbonyl (C=O) groups is 2. The molecule has 0 aliphatic carbocycles. The van der Waals surface area contributed by atoms with Crippen LogP contribution in [-0.2, 0) is 21.7 Å². The van der Waals surface area contributed by atoms with Crippen LogP contribution in [0.25, 0.3) is 0 Å². The maximum absolute atomic E-state index is 12.9. The van der Waals surface area contributed by atoms with Gasteiger partial charge in [0.15, 0.2) is 0 Å². The van der Waals surface area contributed by atoms with Gasteiger partial charge in [0, 0.05) is 17.0 Å². The van der Waals surface area contributed by atoms with Gasteiger partial charge >= 0.3 is 11.8 Å². The summed E-state index contributed by atoms with van der Waals surface area (Å²) in [5.41, 5.74) is -0.0750. The van der Waals surface area contributed by atoms with Gasteiger partial charge < -0.3 is 15.7 Å². The Balaban J connectivity index is 1.61. The Kier molecular flexibility index (Phi) is 6.00. The molecule has 3 aromatic rings. The third-order valence-corrected chi connectivity index (χ3v) is 5.71. The molecule has 2 amide bonds. The van der Waals surface area contributed by atoms with E-state index in [-0.39, 0.29) is 18.9 Å². The zero-order valence-electron chi connectivity index (χ0n) is 14.1. The van der Waals surface area contributed by atoms with E-state index in [2.05, 4.69) is 10.6 Å². The van der Waals surface area contributed by atoms with Crippen molar-refractivity contribution in [2.45, 2.75) is 12.1 Å². The Hall–Kier alpha value is -2.55. The number of aliphatic hydroxyl groups is 1. The van der Waals surface area contributed by atoms with E-state index in [4.69, 9.17) is 0 Å². The van der Waals surface area contributed by atoms with E-state index in [1.165, 1.54) is 46.9 Å². The minimum absolute atomic E-state index is 0.103. The van der Waals surface area contributed by atoms with Crippen LogP contribution in [-0.4, -0.2) is 23.5 Å². The van der Waals surface area contributed by atoms with Gasteiger partial charge in [0.25, 0.3) is 0 Å². The van der Waals surface area contributed by atoms with Gasteiger partial charge in [0.05, 0.1) is 6.54 Å². The summed E-state index contributed by atoms with van der Waals surface area (Å²) < 4.78 is 12.9. The molecule has 8 heteroatoms. The lowest BCUT2D eigenvalue weighted by Crippen LogP contribution is -2.46. The van der Waals surface area contributed by atoms with E-state index < -0.39 is 17.4 Å². The molecule has 0 unspecified atom stereocenters. The highest BCUT2D eigenvalue weighted by atomic mass is 32.1. The summed E-state index contributed by atoms with van der Waals surface area (Å²) in [6, 6.07) is 11.0. The Morgan fingerprint density at radius 3 is 2.41 bits per heavy atom. The van der Waals surface area contributed by atoms with Crippen LogP contribution in [0.4, 0.5) is 4.39 Å². The number of hydrogen-bond acceptors (Lipinski definition) is 5. The van der Waals surface area contributed by atoms with Crippen molar-refractivity contribution in [1.82, 2.24) is 10.6 Å². The van der Waals surface area contributed by atoms with Crippen LogP contribution >= 0.6 is 22.7 Å². The molecule has 0 spiro atoms. The number of benzene rings is 1.